The Morgan fingerprint density at radius 2 is 0.906 bits per heavy atom. The monoisotopic (exact) mass is 754 g/mol. The van der Waals surface area contributed by atoms with E-state index in [2.05, 4.69) is 33.0 Å². The highest BCUT2D eigenvalue weighted by Crippen LogP contribution is 2.22. The summed E-state index contributed by atoms with van der Waals surface area (Å²) in [6, 6.07) is -0.502. The van der Waals surface area contributed by atoms with Gasteiger partial charge in [-0.05, 0) is 45.1 Å². The minimum Gasteiger partial charge on any atom is -0.464 e. The van der Waals surface area contributed by atoms with Gasteiger partial charge in [-0.15, -0.1) is 0 Å². The number of nitrogens with zero attached hydrogens (tertiary/aromatic N) is 1. The van der Waals surface area contributed by atoms with Crippen molar-refractivity contribution in [2.75, 3.05) is 46.0 Å². The fourth-order valence-electron chi connectivity index (χ4n) is 7.08. The molecule has 0 aromatic heterocycles. The van der Waals surface area contributed by atoms with Gasteiger partial charge in [0.15, 0.2) is 0 Å². The van der Waals surface area contributed by atoms with Crippen LogP contribution in [0.3, 0.4) is 0 Å². The second-order valence-corrected chi connectivity index (χ2v) is 15.4. The number of carbonyl (C=O) groups is 3. The molecule has 0 heterocycles. The van der Waals surface area contributed by atoms with Crippen LogP contribution in [0, 0.1) is 11.8 Å². The van der Waals surface area contributed by atoms with Crippen LogP contribution < -0.4 is 11.1 Å². The molecule has 0 aliphatic carbocycles. The lowest BCUT2D eigenvalue weighted by molar-refractivity contribution is -0.152. The van der Waals surface area contributed by atoms with Crippen molar-refractivity contribution in [3.8, 4) is 0 Å². The minimum atomic E-state index is -0.502. The Balaban J connectivity index is 5.57. The maximum absolute atomic E-state index is 13.9. The Bertz CT molecular complexity index is 794. The summed E-state index contributed by atoms with van der Waals surface area (Å²) in [5, 5.41) is 12.7. The van der Waals surface area contributed by atoms with E-state index >= 15 is 0 Å². The SMILES string of the molecule is CCCCCCCCC(CCCCCC)C(=O)OCCN(CCOC(=O)C(CCCCCC)CCCCCCCC)C(=O)[C@H](CCCCN)NCCO. The third-order valence-corrected chi connectivity index (χ3v) is 10.6. The first kappa shape index (κ1) is 51.3. The molecule has 314 valence electrons. The zero-order valence-corrected chi connectivity index (χ0v) is 35.3. The Morgan fingerprint density at radius 3 is 1.28 bits per heavy atom. The number of rotatable bonds is 40. The number of hydrogen-bond acceptors (Lipinski definition) is 8. The number of unbranched alkanes of at least 4 members (excludes halogenated alkanes) is 17. The Kier molecular flexibility index (Phi) is 37.3. The number of esters is 2. The van der Waals surface area contributed by atoms with E-state index in [-0.39, 0.29) is 62.6 Å². The second-order valence-electron chi connectivity index (χ2n) is 15.4. The van der Waals surface area contributed by atoms with Gasteiger partial charge in [0.25, 0.3) is 0 Å². The molecule has 0 aromatic rings. The Morgan fingerprint density at radius 1 is 0.547 bits per heavy atom. The van der Waals surface area contributed by atoms with Crippen LogP contribution in [-0.4, -0.2) is 79.9 Å². The van der Waals surface area contributed by atoms with Gasteiger partial charge < -0.3 is 30.5 Å². The van der Waals surface area contributed by atoms with Crippen molar-refractivity contribution in [2.24, 2.45) is 17.6 Å². The van der Waals surface area contributed by atoms with Crippen LogP contribution in [0.15, 0.2) is 0 Å². The van der Waals surface area contributed by atoms with E-state index < -0.39 is 6.04 Å². The summed E-state index contributed by atoms with van der Waals surface area (Å²) in [5.41, 5.74) is 5.74. The second kappa shape index (κ2) is 38.6. The fourth-order valence-corrected chi connectivity index (χ4v) is 7.08. The lowest BCUT2D eigenvalue weighted by atomic mass is 9.94. The third-order valence-electron chi connectivity index (χ3n) is 10.6. The van der Waals surface area contributed by atoms with E-state index in [4.69, 9.17) is 15.2 Å². The van der Waals surface area contributed by atoms with E-state index in [0.717, 1.165) is 103 Å². The number of nitrogens with two attached hydrogens (primary N) is 1. The molecule has 0 radical (unpaired) electrons. The quantitative estimate of drug-likeness (QED) is 0.0417. The average Bonchev–Trinajstić information content (AvgIpc) is 3.16. The number of ether oxygens (including phenoxy) is 2. The van der Waals surface area contributed by atoms with Crippen LogP contribution >= 0.6 is 0 Å². The van der Waals surface area contributed by atoms with Crippen molar-refractivity contribution in [3.63, 3.8) is 0 Å². The molecule has 0 spiro atoms. The molecule has 3 atom stereocenters. The summed E-state index contributed by atoms with van der Waals surface area (Å²) in [4.78, 5) is 42.4. The van der Waals surface area contributed by atoms with Gasteiger partial charge in [-0.25, -0.2) is 0 Å². The predicted octanol–water partition coefficient (Wildman–Crippen LogP) is 9.66. The lowest BCUT2D eigenvalue weighted by Gasteiger charge is -2.28. The summed E-state index contributed by atoms with van der Waals surface area (Å²) < 4.78 is 11.8. The zero-order chi connectivity index (χ0) is 39.2. The molecule has 1 amide bonds. The fraction of sp³-hybridized carbons (Fsp3) is 0.932. The lowest BCUT2D eigenvalue weighted by Crippen LogP contribution is -2.49. The zero-order valence-electron chi connectivity index (χ0n) is 35.3. The summed E-state index contributed by atoms with van der Waals surface area (Å²) in [7, 11) is 0. The number of hydrogen-bond donors (Lipinski definition) is 3. The molecule has 0 aliphatic rings. The molecule has 0 aromatic carbocycles. The summed E-state index contributed by atoms with van der Waals surface area (Å²) in [6.45, 7) is 10.3. The topological polar surface area (TPSA) is 131 Å². The van der Waals surface area contributed by atoms with E-state index in [1.807, 2.05) is 0 Å². The van der Waals surface area contributed by atoms with E-state index in [9.17, 15) is 19.5 Å². The van der Waals surface area contributed by atoms with Gasteiger partial charge in [0.2, 0.25) is 5.91 Å². The van der Waals surface area contributed by atoms with E-state index in [0.29, 0.717) is 19.5 Å². The van der Waals surface area contributed by atoms with Crippen LogP contribution in [-0.2, 0) is 23.9 Å². The molecule has 9 heteroatoms. The standard InChI is InChI=1S/C44H87N3O6/c1-5-9-13-17-19-23-29-39(27-21-15-11-7-3)43(50)52-37-34-47(42(49)41(46-33-36-48)31-25-26-32-45)35-38-53-44(51)40(28-22-16-12-8-4)30-24-20-18-14-10-6-2/h39-41,46,48H,5-38,45H2,1-4H3/t39?,40?,41-/m0/s1. The normalized spacial score (nSPS) is 13.1. The first-order valence-corrected chi connectivity index (χ1v) is 22.6. The highest BCUT2D eigenvalue weighted by Gasteiger charge is 2.26. The van der Waals surface area contributed by atoms with Crippen molar-refractivity contribution in [2.45, 2.75) is 207 Å². The minimum absolute atomic E-state index is 0.0770. The van der Waals surface area contributed by atoms with Crippen LogP contribution in [0.2, 0.25) is 0 Å². The highest BCUT2D eigenvalue weighted by atomic mass is 16.5. The first-order chi connectivity index (χ1) is 25.9. The van der Waals surface area contributed by atoms with Crippen LogP contribution in [0.5, 0.6) is 0 Å². The molecule has 0 saturated heterocycles. The maximum Gasteiger partial charge on any atom is 0.308 e. The summed E-state index contributed by atoms with van der Waals surface area (Å²) >= 11 is 0. The van der Waals surface area contributed by atoms with Crippen molar-refractivity contribution in [1.29, 1.82) is 0 Å². The Labute approximate surface area is 327 Å². The molecule has 53 heavy (non-hydrogen) atoms. The van der Waals surface area contributed by atoms with E-state index in [1.54, 1.807) is 4.90 Å². The molecule has 4 N–H and O–H groups in total. The van der Waals surface area contributed by atoms with Gasteiger partial charge in [-0.1, -0.05) is 163 Å². The predicted molar refractivity (Wildman–Crippen MR) is 221 cm³/mol. The largest absolute Gasteiger partial charge is 0.464 e. The van der Waals surface area contributed by atoms with E-state index in [1.165, 1.54) is 64.2 Å². The van der Waals surface area contributed by atoms with Crippen LogP contribution in [0.1, 0.15) is 201 Å². The van der Waals surface area contributed by atoms with Gasteiger partial charge in [-0.2, -0.15) is 0 Å². The maximum atomic E-state index is 13.9. The number of aliphatic hydroxyl groups is 1. The first-order valence-electron chi connectivity index (χ1n) is 22.6. The van der Waals surface area contributed by atoms with Gasteiger partial charge >= 0.3 is 11.9 Å². The molecule has 0 aliphatic heterocycles. The van der Waals surface area contributed by atoms with Crippen LogP contribution in [0.4, 0.5) is 0 Å². The molecule has 9 nitrogen and oxygen atoms in total. The van der Waals surface area contributed by atoms with Crippen molar-refractivity contribution in [3.05, 3.63) is 0 Å². The highest BCUT2D eigenvalue weighted by molar-refractivity contribution is 5.82. The van der Waals surface area contributed by atoms with Crippen LogP contribution in [0.25, 0.3) is 0 Å². The summed E-state index contributed by atoms with van der Waals surface area (Å²) in [5.74, 6) is -0.674. The number of amides is 1. The molecule has 0 rings (SSSR count). The number of nitrogens with one attached hydrogen (secondary N) is 1. The number of aliphatic hydroxyl groups excluding tert-OH is 1. The summed E-state index contributed by atoms with van der Waals surface area (Å²) in [6.07, 6.45) is 28.8. The molecule has 0 bridgehead atoms. The molecule has 2 unspecified atom stereocenters. The molecular formula is C44H87N3O6. The van der Waals surface area contributed by atoms with Crippen molar-refractivity contribution < 1.29 is 29.0 Å². The van der Waals surface area contributed by atoms with Crippen molar-refractivity contribution >= 4 is 17.8 Å². The average molecular weight is 754 g/mol. The smallest absolute Gasteiger partial charge is 0.308 e. The third kappa shape index (κ3) is 29.3. The molecule has 0 fully saturated rings. The van der Waals surface area contributed by atoms with Gasteiger partial charge in [-0.3, -0.25) is 14.4 Å². The van der Waals surface area contributed by atoms with Crippen molar-refractivity contribution in [1.82, 2.24) is 10.2 Å². The van der Waals surface area contributed by atoms with Gasteiger partial charge in [0, 0.05) is 6.54 Å². The Hall–Kier alpha value is -1.71. The van der Waals surface area contributed by atoms with Gasteiger partial charge in [0.05, 0.1) is 37.6 Å². The molecule has 0 saturated carbocycles. The number of carbonyl (C=O) groups excluding carboxylic acids is 3. The molecular weight excluding hydrogens is 666 g/mol. The van der Waals surface area contributed by atoms with Gasteiger partial charge in [0.1, 0.15) is 13.2 Å².